The minimum Gasteiger partial charge on any atom is -0.508 e. The van der Waals surface area contributed by atoms with Crippen molar-refractivity contribution in [3.63, 3.8) is 0 Å². The molecule has 0 saturated carbocycles. The number of hydrogen-bond acceptors (Lipinski definition) is 4. The Labute approximate surface area is 150 Å². The lowest BCUT2D eigenvalue weighted by Gasteiger charge is -2.30. The maximum absolute atomic E-state index is 10.5. The molecule has 2 heterocycles. The number of methoxy groups -OCH3 is 1. The third-order valence-electron chi connectivity index (χ3n) is 4.84. The molecule has 3 aromatic carbocycles. The third kappa shape index (κ3) is 2.07. The lowest BCUT2D eigenvalue weighted by Crippen LogP contribution is -2.24. The van der Waals surface area contributed by atoms with Crippen molar-refractivity contribution in [2.75, 3.05) is 12.4 Å². The van der Waals surface area contributed by atoms with Gasteiger partial charge in [0.05, 0.1) is 18.1 Å². The van der Waals surface area contributed by atoms with Crippen molar-refractivity contribution in [3.05, 3.63) is 72.3 Å². The zero-order valence-electron chi connectivity index (χ0n) is 14.2. The van der Waals surface area contributed by atoms with E-state index in [1.54, 1.807) is 19.2 Å². The largest absolute Gasteiger partial charge is 0.508 e. The Bertz CT molecular complexity index is 1130. The van der Waals surface area contributed by atoms with Crippen LogP contribution in [0, 0.1) is 0 Å². The first-order chi connectivity index (χ1) is 12.8. The van der Waals surface area contributed by atoms with Gasteiger partial charge in [-0.05, 0) is 42.5 Å². The lowest BCUT2D eigenvalue weighted by molar-refractivity contribution is 0.409. The molecule has 128 valence electrons. The minimum absolute atomic E-state index is 0.214. The second-order valence-corrected chi connectivity index (χ2v) is 6.31. The molecule has 0 bridgehead atoms. The molecule has 1 atom stereocenters. The summed E-state index contributed by atoms with van der Waals surface area (Å²) in [6.45, 7) is 0. The van der Waals surface area contributed by atoms with Gasteiger partial charge in [0.25, 0.3) is 0 Å². The molecule has 1 aliphatic heterocycles. The predicted octanol–water partition coefficient (Wildman–Crippen LogP) is 4.39. The van der Waals surface area contributed by atoms with Gasteiger partial charge in [0.15, 0.2) is 0 Å². The number of ether oxygens (including phenoxy) is 1. The fourth-order valence-electron chi connectivity index (χ4n) is 3.61. The predicted molar refractivity (Wildman–Crippen MR) is 102 cm³/mol. The molecule has 26 heavy (non-hydrogen) atoms. The molecule has 0 aliphatic carbocycles. The number of hydrogen-bond donors (Lipinski definition) is 2. The van der Waals surface area contributed by atoms with Crippen LogP contribution in [0.1, 0.15) is 11.7 Å². The van der Waals surface area contributed by atoms with E-state index in [2.05, 4.69) is 16.0 Å². The fourth-order valence-corrected chi connectivity index (χ4v) is 3.61. The Morgan fingerprint density at radius 2 is 1.85 bits per heavy atom. The van der Waals surface area contributed by atoms with Crippen LogP contribution in [-0.4, -0.2) is 21.8 Å². The summed E-state index contributed by atoms with van der Waals surface area (Å²) in [5, 5.41) is 14.1. The molecule has 0 amide bonds. The van der Waals surface area contributed by atoms with Gasteiger partial charge in [0.2, 0.25) is 0 Å². The van der Waals surface area contributed by atoms with E-state index in [4.69, 9.17) is 9.72 Å². The second-order valence-electron chi connectivity index (χ2n) is 6.31. The van der Waals surface area contributed by atoms with E-state index >= 15 is 0 Å². The van der Waals surface area contributed by atoms with E-state index in [1.165, 1.54) is 0 Å². The maximum Gasteiger partial charge on any atom is 0.145 e. The molecule has 4 aromatic rings. The number of imidazole rings is 1. The normalized spacial score (nSPS) is 15.2. The summed E-state index contributed by atoms with van der Waals surface area (Å²) < 4.78 is 7.49. The zero-order chi connectivity index (χ0) is 17.7. The van der Waals surface area contributed by atoms with E-state index in [1.807, 2.05) is 48.5 Å². The van der Waals surface area contributed by atoms with Crippen molar-refractivity contribution in [2.24, 2.45) is 0 Å². The average Bonchev–Trinajstić information content (AvgIpc) is 3.08. The standard InChI is InChI=1S/C21H17N3O2/c1-26-13-10-11-19(25)15(12-13)21-22-16-7-3-2-6-14(16)20-23-17-8-4-5-9-18(17)24(20)21/h2-12,21-22,25H,1H3/t21-/m0/s1. The number of aromatic nitrogens is 2. The Kier molecular flexibility index (Phi) is 3.15. The number of nitrogens with one attached hydrogen (secondary N) is 1. The van der Waals surface area contributed by atoms with Gasteiger partial charge in [-0.3, -0.25) is 4.57 Å². The summed E-state index contributed by atoms with van der Waals surface area (Å²) in [5.74, 6) is 1.80. The van der Waals surface area contributed by atoms with Crippen LogP contribution in [0.25, 0.3) is 22.4 Å². The Morgan fingerprint density at radius 1 is 1.04 bits per heavy atom. The van der Waals surface area contributed by atoms with Crippen LogP contribution in [-0.2, 0) is 0 Å². The summed E-state index contributed by atoms with van der Waals surface area (Å²) in [6.07, 6.45) is -0.289. The summed E-state index contributed by atoms with van der Waals surface area (Å²) in [4.78, 5) is 4.85. The molecule has 0 saturated heterocycles. The number of phenolic OH excluding ortho intramolecular Hbond substituents is 1. The topological polar surface area (TPSA) is 59.3 Å². The quantitative estimate of drug-likeness (QED) is 0.567. The molecular formula is C21H17N3O2. The van der Waals surface area contributed by atoms with Crippen molar-refractivity contribution in [1.82, 2.24) is 9.55 Å². The molecule has 0 unspecified atom stereocenters. The van der Waals surface area contributed by atoms with Gasteiger partial charge < -0.3 is 15.2 Å². The van der Waals surface area contributed by atoms with Crippen molar-refractivity contribution in [1.29, 1.82) is 0 Å². The molecule has 2 N–H and O–H groups in total. The maximum atomic E-state index is 10.5. The number of phenols is 1. The first-order valence-corrected chi connectivity index (χ1v) is 8.46. The van der Waals surface area contributed by atoms with Crippen LogP contribution >= 0.6 is 0 Å². The van der Waals surface area contributed by atoms with Crippen LogP contribution in [0.3, 0.4) is 0 Å². The zero-order valence-corrected chi connectivity index (χ0v) is 14.2. The van der Waals surface area contributed by atoms with Crippen molar-refractivity contribution in [3.8, 4) is 22.9 Å². The van der Waals surface area contributed by atoms with Gasteiger partial charge in [-0.25, -0.2) is 4.98 Å². The number of rotatable bonds is 2. The Balaban J connectivity index is 1.82. The molecule has 1 aromatic heterocycles. The molecule has 5 rings (SSSR count). The second kappa shape index (κ2) is 5.52. The van der Waals surface area contributed by atoms with Gasteiger partial charge in [-0.2, -0.15) is 0 Å². The molecule has 5 nitrogen and oxygen atoms in total. The molecule has 5 heteroatoms. The van der Waals surface area contributed by atoms with Crippen LogP contribution in [0.15, 0.2) is 66.7 Å². The summed E-state index contributed by atoms with van der Waals surface area (Å²) in [5.41, 5.74) is 4.71. The lowest BCUT2D eigenvalue weighted by atomic mass is 10.0. The van der Waals surface area contributed by atoms with E-state index in [9.17, 15) is 5.11 Å². The number of para-hydroxylation sites is 3. The highest BCUT2D eigenvalue weighted by molar-refractivity contribution is 5.86. The van der Waals surface area contributed by atoms with Gasteiger partial charge in [-0.1, -0.05) is 24.3 Å². The summed E-state index contributed by atoms with van der Waals surface area (Å²) in [6, 6.07) is 21.4. The van der Waals surface area contributed by atoms with Gasteiger partial charge in [0, 0.05) is 16.8 Å². The monoisotopic (exact) mass is 343 g/mol. The molecule has 0 spiro atoms. The molecule has 0 radical (unpaired) electrons. The average molecular weight is 343 g/mol. The number of aromatic hydroxyl groups is 1. The van der Waals surface area contributed by atoms with Crippen LogP contribution in [0.2, 0.25) is 0 Å². The molecule has 1 aliphatic rings. The number of benzene rings is 3. The number of anilines is 1. The summed E-state index contributed by atoms with van der Waals surface area (Å²) in [7, 11) is 1.62. The summed E-state index contributed by atoms with van der Waals surface area (Å²) >= 11 is 0. The fraction of sp³-hybridized carbons (Fsp3) is 0.0952. The SMILES string of the molecule is COc1ccc(O)c([C@H]2Nc3ccccc3-c3nc4ccccc4n32)c1. The van der Waals surface area contributed by atoms with Gasteiger partial charge in [-0.15, -0.1) is 0 Å². The molecular weight excluding hydrogens is 326 g/mol. The van der Waals surface area contributed by atoms with Crippen LogP contribution in [0.5, 0.6) is 11.5 Å². The van der Waals surface area contributed by atoms with Crippen molar-refractivity contribution >= 4 is 16.7 Å². The highest BCUT2D eigenvalue weighted by Crippen LogP contribution is 2.42. The Hall–Kier alpha value is -3.47. The van der Waals surface area contributed by atoms with Crippen molar-refractivity contribution in [2.45, 2.75) is 6.17 Å². The minimum atomic E-state index is -0.289. The Morgan fingerprint density at radius 3 is 2.73 bits per heavy atom. The van der Waals surface area contributed by atoms with Gasteiger partial charge in [0.1, 0.15) is 23.5 Å². The highest BCUT2D eigenvalue weighted by atomic mass is 16.5. The van der Waals surface area contributed by atoms with Crippen molar-refractivity contribution < 1.29 is 9.84 Å². The number of fused-ring (bicyclic) bond motifs is 5. The highest BCUT2D eigenvalue weighted by Gasteiger charge is 2.29. The molecule has 0 fully saturated rings. The first kappa shape index (κ1) is 14.8. The van der Waals surface area contributed by atoms with Crippen LogP contribution in [0.4, 0.5) is 5.69 Å². The van der Waals surface area contributed by atoms with E-state index in [0.29, 0.717) is 5.75 Å². The van der Waals surface area contributed by atoms with E-state index in [-0.39, 0.29) is 11.9 Å². The first-order valence-electron chi connectivity index (χ1n) is 8.46. The smallest absolute Gasteiger partial charge is 0.145 e. The van der Waals surface area contributed by atoms with Crippen LogP contribution < -0.4 is 10.1 Å². The van der Waals surface area contributed by atoms with E-state index in [0.717, 1.165) is 33.7 Å². The number of nitrogens with zero attached hydrogens (tertiary/aromatic N) is 2. The van der Waals surface area contributed by atoms with E-state index < -0.39 is 0 Å². The van der Waals surface area contributed by atoms with Gasteiger partial charge >= 0.3 is 0 Å². The third-order valence-corrected chi connectivity index (χ3v) is 4.84.